The quantitative estimate of drug-likeness (QED) is 0.426. The topological polar surface area (TPSA) is 143 Å². The number of quaternary nitrogens is 1. The number of aliphatic carboxylic acids is 1. The van der Waals surface area contributed by atoms with Gasteiger partial charge in [0.25, 0.3) is 0 Å². The molecule has 2 aliphatic rings. The van der Waals surface area contributed by atoms with Crippen molar-refractivity contribution in [3.05, 3.63) is 83.9 Å². The minimum absolute atomic E-state index is 0.0478. The molecule has 1 aromatic heterocycles. The Labute approximate surface area is 189 Å². The van der Waals surface area contributed by atoms with Crippen LogP contribution in [0.4, 0.5) is 0 Å². The van der Waals surface area contributed by atoms with E-state index in [1.807, 2.05) is 18.2 Å². The molecule has 2 fully saturated rings. The number of hydrogen-bond donors (Lipinski definition) is 3. The first-order valence-electron chi connectivity index (χ1n) is 10.6. The molecule has 2 aromatic carbocycles. The highest BCUT2D eigenvalue weighted by Gasteiger charge is 2.69. The third kappa shape index (κ3) is 3.28. The number of amides is 2. The van der Waals surface area contributed by atoms with E-state index in [4.69, 9.17) is 0 Å². The van der Waals surface area contributed by atoms with Crippen LogP contribution >= 0.6 is 0 Å². The lowest BCUT2D eigenvalue weighted by molar-refractivity contribution is -0.739. The summed E-state index contributed by atoms with van der Waals surface area (Å²) in [5.74, 6) is -4.62. The third-order valence-electron chi connectivity index (χ3n) is 6.76. The summed E-state index contributed by atoms with van der Waals surface area (Å²) in [5, 5.41) is 24.7. The molecule has 3 heterocycles. The number of H-pyrrole nitrogens is 1. The van der Waals surface area contributed by atoms with Crippen LogP contribution in [-0.2, 0) is 27.3 Å². The molecule has 0 bridgehead atoms. The number of aromatic hydroxyl groups is 1. The van der Waals surface area contributed by atoms with Gasteiger partial charge in [0.05, 0.1) is 24.9 Å². The second kappa shape index (κ2) is 7.86. The molecule has 5 rings (SSSR count). The lowest BCUT2D eigenvalue weighted by Crippen LogP contribution is -3.00. The fourth-order valence-electron chi connectivity index (χ4n) is 5.29. The molecule has 4 N–H and O–H groups in total. The number of nitrogens with zero attached hydrogens (tertiary/aromatic N) is 2. The number of phenolic OH excluding ortho intramolecular Hbond substituents is 1. The van der Waals surface area contributed by atoms with E-state index in [9.17, 15) is 24.6 Å². The fraction of sp³-hybridized carbons (Fsp3) is 0.250. The normalized spacial score (nSPS) is 26.5. The second-order valence-corrected chi connectivity index (χ2v) is 8.58. The number of aromatic nitrogens is 2. The monoisotopic (exact) mass is 446 g/mol. The van der Waals surface area contributed by atoms with Crippen molar-refractivity contribution in [2.75, 3.05) is 0 Å². The number of likely N-dealkylation sites (tertiary alicyclic amines) is 1. The zero-order chi connectivity index (χ0) is 23.2. The van der Waals surface area contributed by atoms with Crippen molar-refractivity contribution >= 4 is 17.8 Å². The van der Waals surface area contributed by atoms with Gasteiger partial charge in [-0.3, -0.25) is 14.5 Å². The number of rotatable bonds is 6. The number of hydrogen-bond acceptors (Lipinski definition) is 6. The van der Waals surface area contributed by atoms with Crippen LogP contribution in [0.15, 0.2) is 67.1 Å². The summed E-state index contributed by atoms with van der Waals surface area (Å²) in [6.45, 7) is 0.0478. The van der Waals surface area contributed by atoms with Crippen molar-refractivity contribution in [3.63, 3.8) is 0 Å². The molecule has 168 valence electrons. The Kier molecular flexibility index (Phi) is 4.98. The molecule has 9 heteroatoms. The highest BCUT2D eigenvalue weighted by molar-refractivity contribution is 6.08. The Bertz CT molecular complexity index is 1210. The van der Waals surface area contributed by atoms with E-state index in [-0.39, 0.29) is 18.7 Å². The van der Waals surface area contributed by atoms with Crippen molar-refractivity contribution in [1.29, 1.82) is 0 Å². The van der Waals surface area contributed by atoms with Crippen LogP contribution in [0.5, 0.6) is 5.75 Å². The molecule has 33 heavy (non-hydrogen) atoms. The van der Waals surface area contributed by atoms with Gasteiger partial charge in [-0.05, 0) is 17.7 Å². The zero-order valence-electron chi connectivity index (χ0n) is 17.5. The number of benzene rings is 2. The van der Waals surface area contributed by atoms with Gasteiger partial charge in [-0.25, -0.2) is 4.98 Å². The van der Waals surface area contributed by atoms with Crippen molar-refractivity contribution < 1.29 is 29.9 Å². The summed E-state index contributed by atoms with van der Waals surface area (Å²) in [4.78, 5) is 47.8. The number of imide groups is 1. The van der Waals surface area contributed by atoms with E-state index in [0.29, 0.717) is 11.3 Å². The van der Waals surface area contributed by atoms with Crippen molar-refractivity contribution in [1.82, 2.24) is 14.9 Å². The molecule has 3 aromatic rings. The molecule has 4 unspecified atom stereocenters. The van der Waals surface area contributed by atoms with Crippen molar-refractivity contribution in [2.45, 2.75) is 24.5 Å². The number of imidazole rings is 1. The Morgan fingerprint density at radius 1 is 1.12 bits per heavy atom. The molecule has 0 spiro atoms. The molecular weight excluding hydrogens is 424 g/mol. The van der Waals surface area contributed by atoms with Gasteiger partial charge in [-0.15, -0.1) is 0 Å². The average Bonchev–Trinajstić information content (AvgIpc) is 3.49. The first-order valence-corrected chi connectivity index (χ1v) is 10.6. The van der Waals surface area contributed by atoms with E-state index in [0.717, 1.165) is 10.5 Å². The summed E-state index contributed by atoms with van der Waals surface area (Å²) in [5.41, 5.74) is -0.0748. The lowest BCUT2D eigenvalue weighted by atomic mass is 9.77. The van der Waals surface area contributed by atoms with Gasteiger partial charge in [-0.1, -0.05) is 42.5 Å². The number of aromatic amines is 1. The number of nitrogens with two attached hydrogens (primary N) is 1. The predicted octanol–water partition coefficient (Wildman–Crippen LogP) is -0.734. The molecule has 2 aliphatic heterocycles. The molecule has 2 saturated heterocycles. The van der Waals surface area contributed by atoms with Crippen LogP contribution in [0.3, 0.4) is 0 Å². The van der Waals surface area contributed by atoms with Crippen LogP contribution < -0.4 is 10.4 Å². The highest BCUT2D eigenvalue weighted by atomic mass is 16.4. The van der Waals surface area contributed by atoms with Gasteiger partial charge >= 0.3 is 0 Å². The minimum atomic E-state index is -1.75. The summed E-state index contributed by atoms with van der Waals surface area (Å²) in [6.07, 6.45) is 2.83. The van der Waals surface area contributed by atoms with Crippen LogP contribution in [-0.4, -0.2) is 43.3 Å². The van der Waals surface area contributed by atoms with Crippen LogP contribution in [0.2, 0.25) is 0 Å². The van der Waals surface area contributed by atoms with Gasteiger partial charge in [-0.2, -0.15) is 0 Å². The van der Waals surface area contributed by atoms with Gasteiger partial charge in [0.15, 0.2) is 5.54 Å². The fourth-order valence-corrected chi connectivity index (χ4v) is 5.29. The van der Waals surface area contributed by atoms with Crippen LogP contribution in [0, 0.1) is 11.8 Å². The number of carbonyl (C=O) groups excluding carboxylic acids is 3. The predicted molar refractivity (Wildman–Crippen MR) is 112 cm³/mol. The van der Waals surface area contributed by atoms with Gasteiger partial charge < -0.3 is 25.3 Å². The van der Waals surface area contributed by atoms with Crippen LogP contribution in [0.1, 0.15) is 22.9 Å². The number of carboxylic acid groups (broad SMARTS) is 1. The molecule has 0 radical (unpaired) electrons. The SMILES string of the molecule is O=C1C2C(c3ccccc3O)[NH2+]C(Cc3cnc[nH]3)(C(=O)[O-])C2C(=O)N1Cc1ccccc1. The smallest absolute Gasteiger partial charge is 0.240 e. The highest BCUT2D eigenvalue weighted by Crippen LogP contribution is 2.46. The maximum atomic E-state index is 13.6. The number of phenols is 1. The molecular formula is C24H22N4O5. The van der Waals surface area contributed by atoms with Crippen molar-refractivity contribution in [3.8, 4) is 5.75 Å². The first-order chi connectivity index (χ1) is 15.9. The maximum Gasteiger partial charge on any atom is 0.240 e. The third-order valence-corrected chi connectivity index (χ3v) is 6.76. The molecule has 4 atom stereocenters. The molecule has 0 saturated carbocycles. The van der Waals surface area contributed by atoms with E-state index in [1.165, 1.54) is 23.9 Å². The van der Waals surface area contributed by atoms with Crippen LogP contribution in [0.25, 0.3) is 0 Å². The van der Waals surface area contributed by atoms with E-state index >= 15 is 0 Å². The van der Waals surface area contributed by atoms with E-state index in [1.54, 1.807) is 30.3 Å². The molecule has 2 amide bonds. The largest absolute Gasteiger partial charge is 0.544 e. The van der Waals surface area contributed by atoms with Gasteiger partial charge in [0.1, 0.15) is 29.6 Å². The summed E-state index contributed by atoms with van der Waals surface area (Å²) in [6, 6.07) is 14.8. The second-order valence-electron chi connectivity index (χ2n) is 8.58. The zero-order valence-corrected chi connectivity index (χ0v) is 17.5. The van der Waals surface area contributed by atoms with Crippen molar-refractivity contribution in [2.24, 2.45) is 11.8 Å². The van der Waals surface area contributed by atoms with E-state index in [2.05, 4.69) is 9.97 Å². The Balaban J connectivity index is 1.62. The number of fused-ring (bicyclic) bond motifs is 1. The number of carboxylic acids is 1. The summed E-state index contributed by atoms with van der Waals surface area (Å²) in [7, 11) is 0. The standard InChI is InChI=1S/C24H22N4O5/c29-17-9-5-4-8-16(17)20-18-19(24(27-20,23(32)33)10-15-11-25-13-26-15)22(31)28(21(18)30)12-14-6-2-1-3-7-14/h1-9,11,13,18-20,27,29H,10,12H2,(H,25,26)(H,32,33). The Morgan fingerprint density at radius 2 is 1.85 bits per heavy atom. The van der Waals surface area contributed by atoms with Gasteiger partial charge in [0.2, 0.25) is 11.8 Å². The Morgan fingerprint density at radius 3 is 2.52 bits per heavy atom. The lowest BCUT2D eigenvalue weighted by Gasteiger charge is -2.32. The Hall–Kier alpha value is -3.98. The van der Waals surface area contributed by atoms with E-state index < -0.39 is 41.2 Å². The van der Waals surface area contributed by atoms with Gasteiger partial charge in [0, 0.05) is 11.9 Å². The summed E-state index contributed by atoms with van der Waals surface area (Å²) < 4.78 is 0. The molecule has 9 nitrogen and oxygen atoms in total. The minimum Gasteiger partial charge on any atom is -0.544 e. The molecule has 0 aliphatic carbocycles. The summed E-state index contributed by atoms with van der Waals surface area (Å²) >= 11 is 0. The average molecular weight is 446 g/mol. The number of para-hydroxylation sites is 1. The first kappa shape index (κ1) is 20.9. The number of nitrogens with one attached hydrogen (secondary N) is 1. The number of carbonyl (C=O) groups is 3. The maximum absolute atomic E-state index is 13.6.